The topological polar surface area (TPSA) is 104 Å². The summed E-state index contributed by atoms with van der Waals surface area (Å²) in [5, 5.41) is 17.6. The zero-order chi connectivity index (χ0) is 10.7. The first kappa shape index (κ1) is 10.5. The number of carbonyl (C=O) groups excluding carboxylic acids is 1. The summed E-state index contributed by atoms with van der Waals surface area (Å²) >= 11 is 0. The van der Waals surface area contributed by atoms with Crippen LogP contribution in [0.1, 0.15) is 23.1 Å². The molecule has 6 nitrogen and oxygen atoms in total. The molecule has 0 aliphatic rings. The number of aliphatic hydroxyl groups is 1. The second-order valence-corrected chi connectivity index (χ2v) is 3.17. The van der Waals surface area contributed by atoms with Crippen molar-refractivity contribution in [2.75, 3.05) is 12.3 Å². The van der Waals surface area contributed by atoms with Gasteiger partial charge in [-0.3, -0.25) is 9.89 Å². The van der Waals surface area contributed by atoms with Gasteiger partial charge in [-0.15, -0.1) is 0 Å². The molecule has 1 aromatic rings. The van der Waals surface area contributed by atoms with E-state index in [-0.39, 0.29) is 24.2 Å². The van der Waals surface area contributed by atoms with Crippen LogP contribution in [0.25, 0.3) is 0 Å². The highest BCUT2D eigenvalue weighted by Crippen LogP contribution is 2.11. The predicted octanol–water partition coefficient (Wildman–Crippen LogP) is -0.589. The average Bonchev–Trinajstić information content (AvgIpc) is 2.47. The van der Waals surface area contributed by atoms with Crippen molar-refractivity contribution in [2.24, 2.45) is 0 Å². The molecule has 14 heavy (non-hydrogen) atoms. The number of anilines is 1. The monoisotopic (exact) mass is 198 g/mol. The summed E-state index contributed by atoms with van der Waals surface area (Å²) in [5.74, 6) is -0.381. The van der Waals surface area contributed by atoms with Gasteiger partial charge in [0.1, 0.15) is 0 Å². The Morgan fingerprint density at radius 3 is 2.86 bits per heavy atom. The molecule has 1 heterocycles. The number of aromatic nitrogens is 2. The van der Waals surface area contributed by atoms with Crippen molar-refractivity contribution in [1.29, 1.82) is 0 Å². The molecular weight excluding hydrogens is 184 g/mol. The van der Waals surface area contributed by atoms with Gasteiger partial charge in [0.2, 0.25) is 0 Å². The first-order chi connectivity index (χ1) is 6.56. The lowest BCUT2D eigenvalue weighted by molar-refractivity contribution is 0.0918. The molecule has 1 atom stereocenters. The zero-order valence-corrected chi connectivity index (χ0v) is 8.16. The third kappa shape index (κ3) is 2.02. The Labute approximate surface area is 81.5 Å². The van der Waals surface area contributed by atoms with Crippen molar-refractivity contribution in [3.8, 4) is 0 Å². The number of hydrogen-bond acceptors (Lipinski definition) is 4. The number of nitrogen functional groups attached to an aromatic ring is 1. The molecule has 0 unspecified atom stereocenters. The molecule has 0 fully saturated rings. The SMILES string of the molecule is Cc1[nH]nc(C(=O)N[C@H](C)CO)c1N. The fraction of sp³-hybridized carbons (Fsp3) is 0.500. The second kappa shape index (κ2) is 4.10. The van der Waals surface area contributed by atoms with E-state index in [1.165, 1.54) is 0 Å². The highest BCUT2D eigenvalue weighted by molar-refractivity contribution is 5.97. The molecule has 0 spiro atoms. The summed E-state index contributed by atoms with van der Waals surface area (Å²) in [6, 6.07) is -0.307. The summed E-state index contributed by atoms with van der Waals surface area (Å²) in [7, 11) is 0. The maximum absolute atomic E-state index is 11.5. The molecule has 1 rings (SSSR count). The number of nitrogens with two attached hydrogens (primary N) is 1. The number of amides is 1. The molecule has 1 aromatic heterocycles. The van der Waals surface area contributed by atoms with Gasteiger partial charge < -0.3 is 16.2 Å². The van der Waals surface area contributed by atoms with Gasteiger partial charge in [0.15, 0.2) is 5.69 Å². The van der Waals surface area contributed by atoms with Crippen LogP contribution >= 0.6 is 0 Å². The fourth-order valence-corrected chi connectivity index (χ4v) is 0.949. The predicted molar refractivity (Wildman–Crippen MR) is 51.8 cm³/mol. The van der Waals surface area contributed by atoms with E-state index in [4.69, 9.17) is 10.8 Å². The Bertz CT molecular complexity index is 334. The number of H-pyrrole nitrogens is 1. The Hall–Kier alpha value is -1.56. The summed E-state index contributed by atoms with van der Waals surface area (Å²) in [6.45, 7) is 3.30. The van der Waals surface area contributed by atoms with Gasteiger partial charge in [-0.25, -0.2) is 0 Å². The van der Waals surface area contributed by atoms with E-state index < -0.39 is 0 Å². The molecular formula is C8H14N4O2. The maximum Gasteiger partial charge on any atom is 0.274 e. The van der Waals surface area contributed by atoms with Crippen LogP contribution in [0.2, 0.25) is 0 Å². The zero-order valence-electron chi connectivity index (χ0n) is 8.16. The van der Waals surface area contributed by atoms with Crippen LogP contribution in [0.15, 0.2) is 0 Å². The van der Waals surface area contributed by atoms with Crippen LogP contribution in [0.4, 0.5) is 5.69 Å². The first-order valence-corrected chi connectivity index (χ1v) is 4.28. The summed E-state index contributed by atoms with van der Waals surface area (Å²) < 4.78 is 0. The van der Waals surface area contributed by atoms with Crippen LogP contribution in [0.3, 0.4) is 0 Å². The molecule has 0 saturated carbocycles. The molecule has 0 saturated heterocycles. The molecule has 6 heteroatoms. The van der Waals surface area contributed by atoms with Gasteiger partial charge in [-0.2, -0.15) is 5.10 Å². The van der Waals surface area contributed by atoms with E-state index in [0.29, 0.717) is 11.4 Å². The van der Waals surface area contributed by atoms with Gasteiger partial charge in [-0.1, -0.05) is 0 Å². The van der Waals surface area contributed by atoms with Gasteiger partial charge in [0, 0.05) is 6.04 Å². The molecule has 1 amide bonds. The fourth-order valence-electron chi connectivity index (χ4n) is 0.949. The van der Waals surface area contributed by atoms with E-state index in [9.17, 15) is 4.79 Å². The Morgan fingerprint density at radius 1 is 1.79 bits per heavy atom. The van der Waals surface area contributed by atoms with Gasteiger partial charge >= 0.3 is 0 Å². The number of nitrogens with one attached hydrogen (secondary N) is 2. The number of aliphatic hydroxyl groups excluding tert-OH is 1. The average molecular weight is 198 g/mol. The van der Waals surface area contributed by atoms with Crippen LogP contribution in [-0.4, -0.2) is 33.9 Å². The third-order valence-electron chi connectivity index (χ3n) is 1.86. The quantitative estimate of drug-likeness (QED) is 0.521. The highest BCUT2D eigenvalue weighted by Gasteiger charge is 2.16. The minimum atomic E-state index is -0.381. The minimum absolute atomic E-state index is 0.116. The van der Waals surface area contributed by atoms with Crippen molar-refractivity contribution in [1.82, 2.24) is 15.5 Å². The van der Waals surface area contributed by atoms with Crippen LogP contribution < -0.4 is 11.1 Å². The molecule has 5 N–H and O–H groups in total. The lowest BCUT2D eigenvalue weighted by Gasteiger charge is -2.09. The van der Waals surface area contributed by atoms with Crippen molar-refractivity contribution in [2.45, 2.75) is 19.9 Å². The molecule has 0 aliphatic heterocycles. The summed E-state index contributed by atoms with van der Waals surface area (Å²) in [4.78, 5) is 11.5. The second-order valence-electron chi connectivity index (χ2n) is 3.17. The van der Waals surface area contributed by atoms with E-state index in [1.807, 2.05) is 0 Å². The number of aromatic amines is 1. The number of aryl methyl sites for hydroxylation is 1. The highest BCUT2D eigenvalue weighted by atomic mass is 16.3. The number of hydrogen-bond donors (Lipinski definition) is 4. The standard InChI is InChI=1S/C8H14N4O2/c1-4(3-13)10-8(14)7-6(9)5(2)11-12-7/h4,13H,3,9H2,1-2H3,(H,10,14)(H,11,12)/t4-/m1/s1. The largest absolute Gasteiger partial charge is 0.395 e. The first-order valence-electron chi connectivity index (χ1n) is 4.28. The van der Waals surface area contributed by atoms with E-state index in [2.05, 4.69) is 15.5 Å². The van der Waals surface area contributed by atoms with Crippen LogP contribution in [-0.2, 0) is 0 Å². The Balaban J connectivity index is 2.75. The Kier molecular flexibility index (Phi) is 3.08. The number of rotatable bonds is 3. The minimum Gasteiger partial charge on any atom is -0.395 e. The lowest BCUT2D eigenvalue weighted by Crippen LogP contribution is -2.35. The summed E-state index contributed by atoms with van der Waals surface area (Å²) in [5.41, 5.74) is 6.77. The number of carbonyl (C=O) groups is 1. The van der Waals surface area contributed by atoms with Crippen molar-refractivity contribution >= 4 is 11.6 Å². The molecule has 0 bridgehead atoms. The molecule has 78 valence electrons. The maximum atomic E-state index is 11.5. The van der Waals surface area contributed by atoms with Crippen molar-refractivity contribution < 1.29 is 9.90 Å². The third-order valence-corrected chi connectivity index (χ3v) is 1.86. The van der Waals surface area contributed by atoms with E-state index in [1.54, 1.807) is 13.8 Å². The summed E-state index contributed by atoms with van der Waals surface area (Å²) in [6.07, 6.45) is 0. The van der Waals surface area contributed by atoms with Crippen molar-refractivity contribution in [3.05, 3.63) is 11.4 Å². The van der Waals surface area contributed by atoms with Gasteiger partial charge in [-0.05, 0) is 13.8 Å². The normalized spacial score (nSPS) is 12.5. The molecule has 0 radical (unpaired) electrons. The van der Waals surface area contributed by atoms with Gasteiger partial charge in [0.05, 0.1) is 18.0 Å². The molecule has 0 aliphatic carbocycles. The molecule has 0 aromatic carbocycles. The smallest absolute Gasteiger partial charge is 0.274 e. The van der Waals surface area contributed by atoms with E-state index >= 15 is 0 Å². The van der Waals surface area contributed by atoms with Crippen LogP contribution in [0, 0.1) is 6.92 Å². The van der Waals surface area contributed by atoms with Crippen LogP contribution in [0.5, 0.6) is 0 Å². The van der Waals surface area contributed by atoms with E-state index in [0.717, 1.165) is 0 Å². The van der Waals surface area contributed by atoms with Crippen molar-refractivity contribution in [3.63, 3.8) is 0 Å². The number of nitrogens with zero attached hydrogens (tertiary/aromatic N) is 1. The lowest BCUT2D eigenvalue weighted by atomic mass is 10.2. The van der Waals surface area contributed by atoms with Gasteiger partial charge in [0.25, 0.3) is 5.91 Å². The Morgan fingerprint density at radius 2 is 2.43 bits per heavy atom.